The zero-order valence-corrected chi connectivity index (χ0v) is 14.1. The lowest BCUT2D eigenvalue weighted by atomic mass is 10.1. The molecular weight excluding hydrogens is 292 g/mol. The van der Waals surface area contributed by atoms with Crippen molar-refractivity contribution in [3.8, 4) is 0 Å². The van der Waals surface area contributed by atoms with E-state index in [1.807, 2.05) is 4.90 Å². The molecule has 3 nitrogen and oxygen atoms in total. The molecule has 0 radical (unpaired) electrons. The van der Waals surface area contributed by atoms with E-state index < -0.39 is 0 Å². The van der Waals surface area contributed by atoms with E-state index in [-0.39, 0.29) is 18.3 Å². The van der Waals surface area contributed by atoms with Gasteiger partial charge in [0.05, 0.1) is 4.88 Å². The topological polar surface area (TPSA) is 46.3 Å². The summed E-state index contributed by atoms with van der Waals surface area (Å²) in [5.74, 6) is 0.661. The van der Waals surface area contributed by atoms with Crippen molar-refractivity contribution in [1.29, 1.82) is 0 Å². The molecule has 1 amide bonds. The van der Waals surface area contributed by atoms with Crippen molar-refractivity contribution in [1.82, 2.24) is 4.90 Å². The average molecular weight is 317 g/mol. The van der Waals surface area contributed by atoms with E-state index in [0.29, 0.717) is 18.5 Å². The summed E-state index contributed by atoms with van der Waals surface area (Å²) < 4.78 is 0. The third kappa shape index (κ3) is 3.54. The number of nitrogens with two attached hydrogens (primary N) is 1. The van der Waals surface area contributed by atoms with Crippen LogP contribution in [0, 0.1) is 12.8 Å². The first-order valence-electron chi connectivity index (χ1n) is 7.17. The number of halogens is 1. The van der Waals surface area contributed by atoms with E-state index in [4.69, 9.17) is 5.73 Å². The van der Waals surface area contributed by atoms with Crippen LogP contribution in [0.1, 0.15) is 46.8 Å². The van der Waals surface area contributed by atoms with Gasteiger partial charge < -0.3 is 10.6 Å². The predicted octanol–water partition coefficient (Wildman–Crippen LogP) is 3.24. The number of nitrogens with zero attached hydrogens (tertiary/aromatic N) is 1. The normalized spacial score (nSPS) is 21.9. The number of amides is 1. The Bertz CT molecular complexity index is 461. The fraction of sp³-hybridized carbons (Fsp3) is 0.667. The molecule has 2 rings (SSSR count). The van der Waals surface area contributed by atoms with E-state index in [1.54, 1.807) is 11.3 Å². The summed E-state index contributed by atoms with van der Waals surface area (Å²) in [6.07, 6.45) is 3.23. The number of hydrogen-bond acceptors (Lipinski definition) is 3. The SMILES string of the molecule is CCCc1cc(C(=O)N2CC(CN)CC2C)sc1C.Cl. The smallest absolute Gasteiger partial charge is 0.264 e. The fourth-order valence-electron chi connectivity index (χ4n) is 2.88. The van der Waals surface area contributed by atoms with Gasteiger partial charge in [0, 0.05) is 17.5 Å². The lowest BCUT2D eigenvalue weighted by molar-refractivity contribution is 0.0748. The second-order valence-electron chi connectivity index (χ2n) is 5.59. The van der Waals surface area contributed by atoms with Crippen LogP contribution in [-0.2, 0) is 6.42 Å². The zero-order valence-electron chi connectivity index (χ0n) is 12.5. The highest BCUT2D eigenvalue weighted by Crippen LogP contribution is 2.28. The summed E-state index contributed by atoms with van der Waals surface area (Å²) in [7, 11) is 0. The molecule has 5 heteroatoms. The Morgan fingerprint density at radius 3 is 2.80 bits per heavy atom. The molecule has 1 saturated heterocycles. The van der Waals surface area contributed by atoms with Crippen LogP contribution >= 0.6 is 23.7 Å². The maximum Gasteiger partial charge on any atom is 0.264 e. The number of thiophene rings is 1. The number of likely N-dealkylation sites (tertiary alicyclic amines) is 1. The van der Waals surface area contributed by atoms with Gasteiger partial charge in [-0.05, 0) is 50.8 Å². The average Bonchev–Trinajstić information content (AvgIpc) is 2.93. The van der Waals surface area contributed by atoms with Crippen LogP contribution in [0.25, 0.3) is 0 Å². The Labute approximate surface area is 131 Å². The van der Waals surface area contributed by atoms with Crippen LogP contribution in [0.3, 0.4) is 0 Å². The van der Waals surface area contributed by atoms with Crippen molar-refractivity contribution in [2.75, 3.05) is 13.1 Å². The molecule has 2 unspecified atom stereocenters. The first kappa shape index (κ1) is 17.5. The third-order valence-electron chi connectivity index (χ3n) is 4.01. The molecule has 20 heavy (non-hydrogen) atoms. The van der Waals surface area contributed by atoms with Crippen LogP contribution < -0.4 is 5.73 Å². The number of hydrogen-bond donors (Lipinski definition) is 1. The molecular formula is C15H25ClN2OS. The first-order chi connectivity index (χ1) is 9.06. The summed E-state index contributed by atoms with van der Waals surface area (Å²) in [5, 5.41) is 0. The number of carbonyl (C=O) groups excluding carboxylic acids is 1. The van der Waals surface area contributed by atoms with E-state index in [1.165, 1.54) is 10.4 Å². The largest absolute Gasteiger partial charge is 0.335 e. The zero-order chi connectivity index (χ0) is 14.0. The van der Waals surface area contributed by atoms with E-state index >= 15 is 0 Å². The quantitative estimate of drug-likeness (QED) is 0.927. The van der Waals surface area contributed by atoms with Crippen LogP contribution in [0.5, 0.6) is 0 Å². The summed E-state index contributed by atoms with van der Waals surface area (Å²) in [6.45, 7) is 7.91. The number of rotatable bonds is 4. The van der Waals surface area contributed by atoms with Gasteiger partial charge in [0.1, 0.15) is 0 Å². The molecule has 0 aromatic carbocycles. The molecule has 1 aromatic rings. The van der Waals surface area contributed by atoms with Crippen LogP contribution in [0.15, 0.2) is 6.07 Å². The first-order valence-corrected chi connectivity index (χ1v) is 7.98. The molecule has 2 atom stereocenters. The molecule has 114 valence electrons. The van der Waals surface area contributed by atoms with Gasteiger partial charge in [-0.1, -0.05) is 13.3 Å². The highest BCUT2D eigenvalue weighted by atomic mass is 35.5. The van der Waals surface area contributed by atoms with E-state index in [0.717, 1.165) is 30.7 Å². The van der Waals surface area contributed by atoms with Gasteiger partial charge in [-0.3, -0.25) is 4.79 Å². The van der Waals surface area contributed by atoms with Crippen molar-refractivity contribution in [3.63, 3.8) is 0 Å². The molecule has 0 aliphatic carbocycles. The summed E-state index contributed by atoms with van der Waals surface area (Å²) in [4.78, 5) is 16.8. The van der Waals surface area contributed by atoms with Crippen molar-refractivity contribution >= 4 is 29.7 Å². The molecule has 0 saturated carbocycles. The molecule has 0 bridgehead atoms. The molecule has 1 fully saturated rings. The minimum absolute atomic E-state index is 0. The van der Waals surface area contributed by atoms with Crippen LogP contribution in [-0.4, -0.2) is 29.9 Å². The molecule has 1 aliphatic heterocycles. The Hall–Kier alpha value is -0.580. The van der Waals surface area contributed by atoms with E-state index in [2.05, 4.69) is 26.8 Å². The van der Waals surface area contributed by atoms with E-state index in [9.17, 15) is 4.79 Å². The summed E-state index contributed by atoms with van der Waals surface area (Å²) in [5.41, 5.74) is 7.06. The lowest BCUT2D eigenvalue weighted by Gasteiger charge is -2.20. The lowest BCUT2D eigenvalue weighted by Crippen LogP contribution is -2.33. The minimum Gasteiger partial charge on any atom is -0.335 e. The summed E-state index contributed by atoms with van der Waals surface area (Å²) in [6, 6.07) is 2.41. The molecule has 0 spiro atoms. The number of aryl methyl sites for hydroxylation is 2. The van der Waals surface area contributed by atoms with Crippen LogP contribution in [0.2, 0.25) is 0 Å². The molecule has 1 aliphatic rings. The van der Waals surface area contributed by atoms with Crippen LogP contribution in [0.4, 0.5) is 0 Å². The second kappa shape index (κ2) is 7.43. The van der Waals surface area contributed by atoms with Crippen molar-refractivity contribution < 1.29 is 4.79 Å². The van der Waals surface area contributed by atoms with Crippen molar-refractivity contribution in [2.24, 2.45) is 11.7 Å². The highest BCUT2D eigenvalue weighted by molar-refractivity contribution is 7.14. The molecule has 1 aromatic heterocycles. The van der Waals surface area contributed by atoms with Gasteiger partial charge in [0.2, 0.25) is 0 Å². The number of carbonyl (C=O) groups is 1. The van der Waals surface area contributed by atoms with Gasteiger partial charge >= 0.3 is 0 Å². The van der Waals surface area contributed by atoms with Gasteiger partial charge in [0.25, 0.3) is 5.91 Å². The summed E-state index contributed by atoms with van der Waals surface area (Å²) >= 11 is 1.64. The standard InChI is InChI=1S/C15H24N2OS.ClH/c1-4-5-13-7-14(19-11(13)3)15(18)17-9-12(8-16)6-10(17)2;/h7,10,12H,4-6,8-9,16H2,1-3H3;1H. The Balaban J connectivity index is 0.00000200. The molecule has 2 heterocycles. The van der Waals surface area contributed by atoms with Gasteiger partial charge in [-0.2, -0.15) is 0 Å². The van der Waals surface area contributed by atoms with Gasteiger partial charge in [0.15, 0.2) is 0 Å². The third-order valence-corrected chi connectivity index (χ3v) is 5.09. The fourth-order valence-corrected chi connectivity index (χ4v) is 3.91. The van der Waals surface area contributed by atoms with Gasteiger partial charge in [-0.25, -0.2) is 0 Å². The minimum atomic E-state index is 0. The Kier molecular flexibility index (Phi) is 6.49. The van der Waals surface area contributed by atoms with Crippen molar-refractivity contribution in [2.45, 2.75) is 46.1 Å². The maximum absolute atomic E-state index is 12.6. The maximum atomic E-state index is 12.6. The highest BCUT2D eigenvalue weighted by Gasteiger charge is 2.32. The second-order valence-corrected chi connectivity index (χ2v) is 6.84. The Morgan fingerprint density at radius 1 is 1.55 bits per heavy atom. The predicted molar refractivity (Wildman–Crippen MR) is 88.0 cm³/mol. The monoisotopic (exact) mass is 316 g/mol. The molecule has 2 N–H and O–H groups in total. The Morgan fingerprint density at radius 2 is 2.25 bits per heavy atom. The van der Waals surface area contributed by atoms with Gasteiger partial charge in [-0.15, -0.1) is 23.7 Å². The van der Waals surface area contributed by atoms with Crippen molar-refractivity contribution in [3.05, 3.63) is 21.4 Å².